The maximum Gasteiger partial charge on any atom is 0.490 e. The smallest absolute Gasteiger partial charge is 0.475 e. The van der Waals surface area contributed by atoms with Crippen molar-refractivity contribution in [1.82, 2.24) is 9.88 Å². The highest BCUT2D eigenvalue weighted by Gasteiger charge is 2.38. The van der Waals surface area contributed by atoms with Gasteiger partial charge in [0.2, 0.25) is 0 Å². The second-order valence-electron chi connectivity index (χ2n) is 8.34. The lowest BCUT2D eigenvalue weighted by molar-refractivity contribution is -0.192. The van der Waals surface area contributed by atoms with Gasteiger partial charge in [0.15, 0.2) is 0 Å². The predicted molar refractivity (Wildman–Crippen MR) is 115 cm³/mol. The van der Waals surface area contributed by atoms with Gasteiger partial charge >= 0.3 is 12.1 Å². The van der Waals surface area contributed by atoms with Crippen molar-refractivity contribution in [3.05, 3.63) is 66.0 Å². The first-order valence-electron chi connectivity index (χ1n) is 10.9. The van der Waals surface area contributed by atoms with E-state index in [1.54, 1.807) is 24.5 Å². The van der Waals surface area contributed by atoms with E-state index in [4.69, 9.17) is 14.6 Å². The zero-order valence-corrected chi connectivity index (χ0v) is 18.1. The van der Waals surface area contributed by atoms with E-state index < -0.39 is 12.1 Å². The summed E-state index contributed by atoms with van der Waals surface area (Å²) in [4.78, 5) is 27.7. The predicted octanol–water partition coefficient (Wildman–Crippen LogP) is 4.21. The largest absolute Gasteiger partial charge is 0.490 e. The number of hydrogen-bond donors (Lipinski definition) is 1. The third-order valence-corrected chi connectivity index (χ3v) is 5.70. The van der Waals surface area contributed by atoms with Crippen molar-refractivity contribution >= 4 is 11.9 Å². The number of aromatic nitrogens is 1. The number of halogens is 3. The maximum atomic E-state index is 12.8. The summed E-state index contributed by atoms with van der Waals surface area (Å²) in [5.74, 6) is -1.54. The van der Waals surface area contributed by atoms with Gasteiger partial charge in [-0.15, -0.1) is 0 Å². The van der Waals surface area contributed by atoms with Gasteiger partial charge in [-0.25, -0.2) is 4.79 Å². The fraction of sp³-hybridized carbons (Fsp3) is 0.458. The molecule has 2 atom stereocenters. The second-order valence-corrected chi connectivity index (χ2v) is 8.34. The number of likely N-dealkylation sites (tertiary alicyclic amines) is 1. The van der Waals surface area contributed by atoms with E-state index >= 15 is 0 Å². The number of alkyl halides is 3. The van der Waals surface area contributed by atoms with E-state index in [1.807, 2.05) is 11.0 Å². The Labute approximate surface area is 190 Å². The first-order chi connectivity index (χ1) is 15.7. The van der Waals surface area contributed by atoms with Crippen LogP contribution in [0.3, 0.4) is 0 Å². The molecule has 1 saturated heterocycles. The number of carboxylic acid groups (broad SMARTS) is 1. The van der Waals surface area contributed by atoms with Gasteiger partial charge in [0.1, 0.15) is 0 Å². The van der Waals surface area contributed by atoms with E-state index in [0.717, 1.165) is 44.0 Å². The minimum atomic E-state index is -5.08. The summed E-state index contributed by atoms with van der Waals surface area (Å²) in [5, 5.41) is 7.12. The molecule has 178 valence electrons. The number of carbonyl (C=O) groups is 2. The quantitative estimate of drug-likeness (QED) is 0.693. The highest BCUT2D eigenvalue weighted by molar-refractivity contribution is 5.94. The minimum absolute atomic E-state index is 0.103. The fourth-order valence-electron chi connectivity index (χ4n) is 3.75. The molecule has 1 aliphatic carbocycles. The summed E-state index contributed by atoms with van der Waals surface area (Å²) >= 11 is 0. The normalized spacial score (nSPS) is 20.5. The van der Waals surface area contributed by atoms with Crippen molar-refractivity contribution in [2.45, 2.75) is 38.0 Å². The van der Waals surface area contributed by atoms with E-state index in [9.17, 15) is 18.0 Å². The molecule has 4 rings (SSSR count). The minimum Gasteiger partial charge on any atom is -0.475 e. The van der Waals surface area contributed by atoms with Gasteiger partial charge in [-0.3, -0.25) is 9.78 Å². The molecule has 1 saturated carbocycles. The molecular formula is C24H27F3N2O4. The number of ether oxygens (including phenoxy) is 1. The molecule has 0 unspecified atom stereocenters. The van der Waals surface area contributed by atoms with Gasteiger partial charge in [-0.1, -0.05) is 30.3 Å². The first kappa shape index (κ1) is 24.7. The molecule has 2 fully saturated rings. The van der Waals surface area contributed by atoms with Crippen LogP contribution >= 0.6 is 0 Å². The molecule has 6 nitrogen and oxygen atoms in total. The Morgan fingerprint density at radius 3 is 2.27 bits per heavy atom. The number of rotatable bonds is 6. The van der Waals surface area contributed by atoms with Crippen molar-refractivity contribution in [2.24, 2.45) is 11.8 Å². The number of nitrogens with zero attached hydrogens (tertiary/aromatic N) is 2. The monoisotopic (exact) mass is 464 g/mol. The SMILES string of the molecule is O=C(O)C(F)(F)F.O=C(c1ccncc1)N1CC[C@H](OCC2CC2)[C@@H](Cc2ccccc2)C1. The van der Waals surface area contributed by atoms with Gasteiger partial charge < -0.3 is 14.7 Å². The van der Waals surface area contributed by atoms with Crippen LogP contribution in [0.2, 0.25) is 0 Å². The summed E-state index contributed by atoms with van der Waals surface area (Å²) in [6.45, 7) is 2.40. The standard InChI is InChI=1S/C22H26N2O2.C2HF3O2/c25-22(19-8-11-23-12-9-19)24-13-10-21(26-16-18-6-7-18)20(15-24)14-17-4-2-1-3-5-17;3-2(4,5)1(6)7/h1-5,8-9,11-12,18,20-21H,6-7,10,13-16H2;(H,6,7)/t20-,21-;/m0./s1. The number of piperidine rings is 1. The molecule has 2 aliphatic rings. The van der Waals surface area contributed by atoms with Gasteiger partial charge in [0, 0.05) is 43.6 Å². The molecular weight excluding hydrogens is 437 g/mol. The zero-order chi connectivity index (χ0) is 23.8. The number of pyridine rings is 1. The molecule has 33 heavy (non-hydrogen) atoms. The van der Waals surface area contributed by atoms with Crippen molar-refractivity contribution in [2.75, 3.05) is 19.7 Å². The summed E-state index contributed by atoms with van der Waals surface area (Å²) in [6, 6.07) is 14.1. The van der Waals surface area contributed by atoms with Gasteiger partial charge in [-0.2, -0.15) is 13.2 Å². The molecule has 1 N–H and O–H groups in total. The van der Waals surface area contributed by atoms with Crippen LogP contribution in [0.15, 0.2) is 54.9 Å². The van der Waals surface area contributed by atoms with Crippen LogP contribution in [-0.4, -0.2) is 58.8 Å². The van der Waals surface area contributed by atoms with E-state index in [1.165, 1.54) is 18.4 Å². The molecule has 2 aromatic rings. The lowest BCUT2D eigenvalue weighted by Gasteiger charge is -2.38. The Bertz CT molecular complexity index is 905. The topological polar surface area (TPSA) is 79.7 Å². The number of carbonyl (C=O) groups excluding carboxylic acids is 1. The average molecular weight is 464 g/mol. The van der Waals surface area contributed by atoms with Gasteiger partial charge in [0.25, 0.3) is 5.91 Å². The van der Waals surface area contributed by atoms with Crippen LogP contribution in [-0.2, 0) is 16.0 Å². The van der Waals surface area contributed by atoms with E-state index in [2.05, 4.69) is 29.2 Å². The number of carboxylic acids is 1. The summed E-state index contributed by atoms with van der Waals surface area (Å²) < 4.78 is 38.0. The van der Waals surface area contributed by atoms with Crippen LogP contribution in [0.5, 0.6) is 0 Å². The Morgan fingerprint density at radius 1 is 1.06 bits per heavy atom. The van der Waals surface area contributed by atoms with E-state index in [0.29, 0.717) is 5.92 Å². The fourth-order valence-corrected chi connectivity index (χ4v) is 3.75. The zero-order valence-electron chi connectivity index (χ0n) is 18.1. The van der Waals surface area contributed by atoms with Crippen molar-refractivity contribution in [3.63, 3.8) is 0 Å². The van der Waals surface area contributed by atoms with Crippen LogP contribution in [0.25, 0.3) is 0 Å². The van der Waals surface area contributed by atoms with Crippen LogP contribution in [0, 0.1) is 11.8 Å². The highest BCUT2D eigenvalue weighted by atomic mass is 19.4. The number of amides is 1. The van der Waals surface area contributed by atoms with Crippen molar-refractivity contribution in [3.8, 4) is 0 Å². The number of aliphatic carboxylic acids is 1. The molecule has 1 aromatic heterocycles. The molecule has 0 spiro atoms. The van der Waals surface area contributed by atoms with Gasteiger partial charge in [-0.05, 0) is 49.3 Å². The highest BCUT2D eigenvalue weighted by Crippen LogP contribution is 2.32. The van der Waals surface area contributed by atoms with Crippen LogP contribution < -0.4 is 0 Å². The average Bonchev–Trinajstić information content (AvgIpc) is 3.63. The molecule has 0 radical (unpaired) electrons. The third kappa shape index (κ3) is 7.85. The number of hydrogen-bond acceptors (Lipinski definition) is 4. The Hall–Kier alpha value is -2.94. The van der Waals surface area contributed by atoms with E-state index in [-0.39, 0.29) is 12.0 Å². The molecule has 1 amide bonds. The third-order valence-electron chi connectivity index (χ3n) is 5.70. The summed E-state index contributed by atoms with van der Waals surface area (Å²) in [7, 11) is 0. The summed E-state index contributed by atoms with van der Waals surface area (Å²) in [6.07, 6.45) is 3.01. The Morgan fingerprint density at radius 2 is 1.70 bits per heavy atom. The Balaban J connectivity index is 0.000000383. The number of benzene rings is 1. The maximum absolute atomic E-state index is 12.8. The molecule has 1 aliphatic heterocycles. The first-order valence-corrected chi connectivity index (χ1v) is 10.9. The summed E-state index contributed by atoms with van der Waals surface area (Å²) in [5.41, 5.74) is 2.03. The van der Waals surface area contributed by atoms with Crippen LogP contribution in [0.4, 0.5) is 13.2 Å². The molecule has 2 heterocycles. The molecule has 1 aromatic carbocycles. The Kier molecular flexibility index (Phi) is 8.43. The lowest BCUT2D eigenvalue weighted by atomic mass is 9.88. The van der Waals surface area contributed by atoms with Gasteiger partial charge in [0.05, 0.1) is 6.10 Å². The second kappa shape index (κ2) is 11.3. The molecule has 0 bridgehead atoms. The van der Waals surface area contributed by atoms with Crippen molar-refractivity contribution < 1.29 is 32.6 Å². The van der Waals surface area contributed by atoms with Crippen LogP contribution in [0.1, 0.15) is 35.2 Å². The van der Waals surface area contributed by atoms with Crippen molar-refractivity contribution in [1.29, 1.82) is 0 Å². The lowest BCUT2D eigenvalue weighted by Crippen LogP contribution is -2.47. The molecule has 9 heteroatoms.